The van der Waals surface area contributed by atoms with Crippen LogP contribution in [0.2, 0.25) is 47.7 Å². The number of carbonyl (C=O) groups is 1. The molecule has 1 aromatic carbocycles. The zero-order chi connectivity index (χ0) is 14.0. The van der Waals surface area contributed by atoms with E-state index in [1.54, 1.807) is 6.07 Å². The molecule has 10 saturated heterocycles. The van der Waals surface area contributed by atoms with Crippen LogP contribution in [0.4, 0.5) is 0 Å². The van der Waals surface area contributed by atoms with Gasteiger partial charge in [-0.05, 0) is 0 Å². The molecule has 11 rings (SSSR count). The van der Waals surface area contributed by atoms with E-state index in [2.05, 4.69) is 0 Å². The van der Waals surface area contributed by atoms with Gasteiger partial charge in [-0.15, -0.1) is 0 Å². The molecule has 10 fully saturated rings. The van der Waals surface area contributed by atoms with Gasteiger partial charge in [0.1, 0.15) is 0 Å². The van der Waals surface area contributed by atoms with Crippen molar-refractivity contribution < 1.29 is 16.4 Å². The molecule has 22 heavy (non-hydrogen) atoms. The molecule has 0 amide bonds. The first-order chi connectivity index (χ1) is 10.5. The molecule has 10 aliphatic rings. The zero-order valence-electron chi connectivity index (χ0n) is 11.9. The number of rotatable bonds is 3. The van der Waals surface area contributed by atoms with Crippen LogP contribution in [0.5, 0.6) is 5.75 Å². The summed E-state index contributed by atoms with van der Waals surface area (Å²) in [6.07, 6.45) is 3.78. The number of ketones is 1. The Morgan fingerprint density at radius 1 is 1.00 bits per heavy atom. The van der Waals surface area contributed by atoms with E-state index in [0.717, 1.165) is 15.2 Å². The summed E-state index contributed by atoms with van der Waals surface area (Å²) in [4.78, 5) is 23.8. The molecular formula is C19H16FeO2. The van der Waals surface area contributed by atoms with Gasteiger partial charge in [-0.2, -0.15) is 0 Å². The van der Waals surface area contributed by atoms with Crippen molar-refractivity contribution in [1.82, 2.24) is 0 Å². The molecular weight excluding hydrogens is 316 g/mol. The second kappa shape index (κ2) is 0.847. The summed E-state index contributed by atoms with van der Waals surface area (Å²) in [5, 5.41) is 9.91. The second-order valence-electron chi connectivity index (χ2n) is 11.9. The van der Waals surface area contributed by atoms with Gasteiger partial charge in [-0.1, -0.05) is 0 Å². The number of allylic oxidation sites excluding steroid dienone is 1. The molecule has 4 unspecified atom stereocenters. The van der Waals surface area contributed by atoms with E-state index in [1.165, 1.54) is 33.7 Å². The van der Waals surface area contributed by atoms with E-state index < -0.39 is 6.51 Å². The maximum absolute atomic E-state index is 13.4. The summed E-state index contributed by atoms with van der Waals surface area (Å²) in [7, 11) is 0. The van der Waals surface area contributed by atoms with Crippen LogP contribution in [0.3, 0.4) is 0 Å². The second-order valence-corrected chi connectivity index (χ2v) is 35.5. The fraction of sp³-hybridized carbons (Fsp3) is 0.526. The Morgan fingerprint density at radius 3 is 2.05 bits per heavy atom. The van der Waals surface area contributed by atoms with E-state index in [-0.39, 0.29) is 5.75 Å². The third-order valence-corrected chi connectivity index (χ3v) is 58.7. The van der Waals surface area contributed by atoms with Crippen molar-refractivity contribution in [1.29, 1.82) is 0 Å². The van der Waals surface area contributed by atoms with Gasteiger partial charge in [0, 0.05) is 0 Å². The Balaban J connectivity index is 1.20. The average Bonchev–Trinajstić information content (AvgIpc) is 3.46. The molecule has 3 heteroatoms. The van der Waals surface area contributed by atoms with Crippen LogP contribution in [-0.2, 0) is 11.3 Å². The van der Waals surface area contributed by atoms with Crippen molar-refractivity contribution in [3.8, 4) is 5.75 Å². The molecule has 112 valence electrons. The molecule has 1 aromatic rings. The summed E-state index contributed by atoms with van der Waals surface area (Å²) >= 11 is 0. The number of hydrogen-bond acceptors (Lipinski definition) is 2. The normalized spacial score (nSPS) is 94.8. The zero-order valence-corrected chi connectivity index (χ0v) is 13.0. The van der Waals surface area contributed by atoms with Gasteiger partial charge in [0.05, 0.1) is 0 Å². The number of fused-ring (bicyclic) bond motifs is 10. The molecule has 0 aromatic heterocycles. The summed E-state index contributed by atoms with van der Waals surface area (Å²) in [5.74, 6) is 0.818. The van der Waals surface area contributed by atoms with Crippen molar-refractivity contribution in [2.75, 3.05) is 0 Å². The predicted molar refractivity (Wildman–Crippen MR) is 78.6 cm³/mol. The summed E-state index contributed by atoms with van der Waals surface area (Å²) in [6.45, 7) is -3.27. The van der Waals surface area contributed by atoms with E-state index in [1.807, 2.05) is 30.4 Å². The minimum atomic E-state index is -3.27. The van der Waals surface area contributed by atoms with Gasteiger partial charge < -0.3 is 0 Å². The molecule has 1 N–H and O–H groups in total. The Bertz CT molecular complexity index is 1260. The Morgan fingerprint density at radius 2 is 1.59 bits per heavy atom. The summed E-state index contributed by atoms with van der Waals surface area (Å²) in [6, 6.07) is 7.36. The molecule has 4 atom stereocenters. The van der Waals surface area contributed by atoms with Crippen LogP contribution in [-0.4, -0.2) is 10.9 Å². The number of aromatic hydroxyl groups is 1. The van der Waals surface area contributed by atoms with E-state index >= 15 is 0 Å². The fourth-order valence-electron chi connectivity index (χ4n) is 17.8. The quantitative estimate of drug-likeness (QED) is 0.642. The van der Waals surface area contributed by atoms with Gasteiger partial charge >= 0.3 is 118 Å². The van der Waals surface area contributed by atoms with Crippen LogP contribution >= 0.6 is 0 Å². The average molecular weight is 332 g/mol. The monoisotopic (exact) mass is 332 g/mol. The van der Waals surface area contributed by atoms with Crippen LogP contribution in [0.15, 0.2) is 30.3 Å². The van der Waals surface area contributed by atoms with E-state index in [4.69, 9.17) is 0 Å². The topological polar surface area (TPSA) is 37.3 Å². The Kier molecular flexibility index (Phi) is 0.335. The number of carbonyl (C=O) groups excluding carboxylic acids is 1. The van der Waals surface area contributed by atoms with Crippen LogP contribution in [0.1, 0.15) is 5.56 Å². The van der Waals surface area contributed by atoms with Crippen molar-refractivity contribution in [3.63, 3.8) is 0 Å². The SMILES string of the molecule is O=C(C=Cc1ccccc1O)[C]12[CH]3[CH]4[CH]5[CH]1[Fe]45321678[CH]2[CH]1[CH]6[CH]7[CH]28. The molecule has 0 radical (unpaired) electrons. The van der Waals surface area contributed by atoms with Gasteiger partial charge in [-0.25, -0.2) is 0 Å². The number of hydrogen-bond donors (Lipinski definition) is 1. The first-order valence-corrected chi connectivity index (χ1v) is 15.0. The van der Waals surface area contributed by atoms with Crippen LogP contribution < -0.4 is 0 Å². The number of benzene rings is 1. The van der Waals surface area contributed by atoms with Gasteiger partial charge in [0.25, 0.3) is 0 Å². The predicted octanol–water partition coefficient (Wildman–Crippen LogP) is 4.73. The van der Waals surface area contributed by atoms with Crippen molar-refractivity contribution in [2.45, 2.75) is 47.7 Å². The fourth-order valence-corrected chi connectivity index (χ4v) is 91.6. The van der Waals surface area contributed by atoms with Crippen molar-refractivity contribution in [2.24, 2.45) is 0 Å². The van der Waals surface area contributed by atoms with Crippen LogP contribution in [0, 0.1) is 0 Å². The molecule has 0 saturated carbocycles. The Labute approximate surface area is 117 Å². The standard InChI is InChI=1S/C14H11O2.C5H5.Fe/c15-13-8-4-3-7-12(13)9-10-14(16)11-5-1-2-6-11;1-2-4-5-3-1;/h1-10,15H;1-5H;. The van der Waals surface area contributed by atoms with Gasteiger partial charge in [0.2, 0.25) is 0 Å². The molecule has 0 aliphatic carbocycles. The van der Waals surface area contributed by atoms with E-state index in [0.29, 0.717) is 10.1 Å². The van der Waals surface area contributed by atoms with Crippen molar-refractivity contribution in [3.05, 3.63) is 35.9 Å². The molecule has 10 heterocycles. The third kappa shape index (κ3) is 0.112. The van der Waals surface area contributed by atoms with Crippen molar-refractivity contribution >= 4 is 11.9 Å². The molecule has 2 nitrogen and oxygen atoms in total. The number of phenols is 1. The summed E-state index contributed by atoms with van der Waals surface area (Å²) in [5.41, 5.74) is 0.794. The molecule has 10 aliphatic heterocycles. The molecule has 0 bridgehead atoms. The van der Waals surface area contributed by atoms with Gasteiger partial charge in [0.15, 0.2) is 0 Å². The number of para-hydroxylation sites is 1. The Hall–Kier alpha value is -1.05. The van der Waals surface area contributed by atoms with E-state index in [9.17, 15) is 9.90 Å². The summed E-state index contributed by atoms with van der Waals surface area (Å²) < 4.78 is 0.319. The minimum absolute atomic E-state index is 0.289. The number of phenolic OH excluding ortho intramolecular Hbond substituents is 1. The first kappa shape index (κ1) is 8.70. The maximum atomic E-state index is 13.4. The molecule has 1 spiro atoms. The third-order valence-electron chi connectivity index (χ3n) is 16.4. The van der Waals surface area contributed by atoms with Crippen LogP contribution in [0.25, 0.3) is 6.08 Å². The first-order valence-electron chi connectivity index (χ1n) is 8.67. The van der Waals surface area contributed by atoms with Gasteiger partial charge in [-0.3, -0.25) is 0 Å².